The number of hydrogen-bond donors (Lipinski definition) is 1. The Kier molecular flexibility index (Phi) is 6.40. The molecule has 1 heterocycles. The second kappa shape index (κ2) is 8.53. The van der Waals surface area contributed by atoms with Gasteiger partial charge in [-0.05, 0) is 25.0 Å². The number of para-hydroxylation sites is 1. The van der Waals surface area contributed by atoms with E-state index in [0.29, 0.717) is 39.1 Å². The average molecular weight is 319 g/mol. The van der Waals surface area contributed by atoms with Gasteiger partial charge in [0.2, 0.25) is 5.91 Å². The highest BCUT2D eigenvalue weighted by Gasteiger charge is 2.29. The average Bonchev–Trinajstić information content (AvgIpc) is 2.61. The standard InChI is InChI=1S/C17H25N3O3/c1-19(15-6-4-3-5-7-15)16(21)14-8-11-20(12-9-14)17(22)18-10-13-23-2/h3-7,14H,8-13H2,1-2H3,(H,18,22). The smallest absolute Gasteiger partial charge is 0.317 e. The molecule has 2 rings (SSSR count). The predicted molar refractivity (Wildman–Crippen MR) is 89.4 cm³/mol. The van der Waals surface area contributed by atoms with E-state index in [0.717, 1.165) is 5.69 Å². The van der Waals surface area contributed by atoms with Gasteiger partial charge in [-0.15, -0.1) is 0 Å². The molecule has 0 spiro atoms. The lowest BCUT2D eigenvalue weighted by molar-refractivity contribution is -0.123. The number of methoxy groups -OCH3 is 1. The third-order valence-corrected chi connectivity index (χ3v) is 4.19. The number of likely N-dealkylation sites (tertiary alicyclic amines) is 1. The molecule has 0 aliphatic carbocycles. The van der Waals surface area contributed by atoms with Crippen LogP contribution >= 0.6 is 0 Å². The summed E-state index contributed by atoms with van der Waals surface area (Å²) in [5.74, 6) is 0.0962. The maximum atomic E-state index is 12.6. The van der Waals surface area contributed by atoms with E-state index in [1.54, 1.807) is 16.9 Å². The van der Waals surface area contributed by atoms with Crippen LogP contribution in [0.25, 0.3) is 0 Å². The van der Waals surface area contributed by atoms with Crippen LogP contribution in [0.3, 0.4) is 0 Å². The van der Waals surface area contributed by atoms with Gasteiger partial charge in [0, 0.05) is 45.4 Å². The van der Waals surface area contributed by atoms with E-state index < -0.39 is 0 Å². The molecule has 126 valence electrons. The molecule has 0 radical (unpaired) electrons. The molecule has 0 atom stereocenters. The number of urea groups is 1. The maximum absolute atomic E-state index is 12.6. The molecule has 1 aromatic carbocycles. The fourth-order valence-corrected chi connectivity index (χ4v) is 2.75. The van der Waals surface area contributed by atoms with Crippen LogP contribution in [0.4, 0.5) is 10.5 Å². The van der Waals surface area contributed by atoms with E-state index >= 15 is 0 Å². The van der Waals surface area contributed by atoms with Crippen molar-refractivity contribution in [3.8, 4) is 0 Å². The van der Waals surface area contributed by atoms with Gasteiger partial charge in [0.25, 0.3) is 0 Å². The van der Waals surface area contributed by atoms with Gasteiger partial charge in [-0.2, -0.15) is 0 Å². The summed E-state index contributed by atoms with van der Waals surface area (Å²) in [4.78, 5) is 28.0. The van der Waals surface area contributed by atoms with Crippen molar-refractivity contribution in [1.29, 1.82) is 0 Å². The molecule has 0 bridgehead atoms. The van der Waals surface area contributed by atoms with Crippen molar-refractivity contribution in [3.63, 3.8) is 0 Å². The molecule has 0 saturated carbocycles. The van der Waals surface area contributed by atoms with Crippen molar-refractivity contribution in [2.45, 2.75) is 12.8 Å². The Morgan fingerprint density at radius 2 is 1.91 bits per heavy atom. The summed E-state index contributed by atoms with van der Waals surface area (Å²) in [5.41, 5.74) is 0.900. The Hall–Kier alpha value is -2.08. The Balaban J connectivity index is 1.82. The number of nitrogens with one attached hydrogen (secondary N) is 1. The van der Waals surface area contributed by atoms with E-state index in [4.69, 9.17) is 4.74 Å². The molecule has 1 aliphatic heterocycles. The number of nitrogens with zero attached hydrogens (tertiary/aromatic N) is 2. The highest BCUT2D eigenvalue weighted by molar-refractivity contribution is 5.94. The lowest BCUT2D eigenvalue weighted by Crippen LogP contribution is -2.47. The molecule has 3 amide bonds. The second-order valence-electron chi connectivity index (χ2n) is 5.72. The zero-order chi connectivity index (χ0) is 16.7. The molecule has 1 aliphatic rings. The maximum Gasteiger partial charge on any atom is 0.317 e. The summed E-state index contributed by atoms with van der Waals surface area (Å²) in [7, 11) is 3.41. The van der Waals surface area contributed by atoms with Crippen LogP contribution < -0.4 is 10.2 Å². The van der Waals surface area contributed by atoms with Crippen LogP contribution in [0.5, 0.6) is 0 Å². The van der Waals surface area contributed by atoms with Crippen molar-refractivity contribution in [3.05, 3.63) is 30.3 Å². The minimum Gasteiger partial charge on any atom is -0.383 e. The van der Waals surface area contributed by atoms with Gasteiger partial charge in [0.1, 0.15) is 0 Å². The van der Waals surface area contributed by atoms with Gasteiger partial charge in [0.05, 0.1) is 6.61 Å². The van der Waals surface area contributed by atoms with Crippen molar-refractivity contribution in [1.82, 2.24) is 10.2 Å². The van der Waals surface area contributed by atoms with Gasteiger partial charge in [-0.1, -0.05) is 18.2 Å². The third kappa shape index (κ3) is 4.69. The molecular weight excluding hydrogens is 294 g/mol. The number of hydrogen-bond acceptors (Lipinski definition) is 3. The van der Waals surface area contributed by atoms with E-state index in [1.807, 2.05) is 37.4 Å². The summed E-state index contributed by atoms with van der Waals surface area (Å²) in [6, 6.07) is 9.55. The number of anilines is 1. The molecule has 1 aromatic rings. The number of amides is 3. The highest BCUT2D eigenvalue weighted by Crippen LogP contribution is 2.22. The van der Waals surface area contributed by atoms with Gasteiger partial charge < -0.3 is 19.9 Å². The molecule has 1 fully saturated rings. The SMILES string of the molecule is COCCNC(=O)N1CCC(C(=O)N(C)c2ccccc2)CC1. The van der Waals surface area contributed by atoms with E-state index in [1.165, 1.54) is 0 Å². The van der Waals surface area contributed by atoms with Gasteiger partial charge in [-0.25, -0.2) is 4.79 Å². The highest BCUT2D eigenvalue weighted by atomic mass is 16.5. The van der Waals surface area contributed by atoms with E-state index in [2.05, 4.69) is 5.32 Å². The second-order valence-corrected chi connectivity index (χ2v) is 5.72. The number of rotatable bonds is 5. The van der Waals surface area contributed by atoms with Gasteiger partial charge in [-0.3, -0.25) is 4.79 Å². The molecule has 6 heteroatoms. The quantitative estimate of drug-likeness (QED) is 0.841. The van der Waals surface area contributed by atoms with Crippen molar-refractivity contribution in [2.24, 2.45) is 5.92 Å². The molecule has 23 heavy (non-hydrogen) atoms. The van der Waals surface area contributed by atoms with Crippen LogP contribution in [-0.2, 0) is 9.53 Å². The van der Waals surface area contributed by atoms with Crippen LogP contribution in [0.1, 0.15) is 12.8 Å². The zero-order valence-electron chi connectivity index (χ0n) is 13.8. The van der Waals surface area contributed by atoms with Crippen LogP contribution in [0.2, 0.25) is 0 Å². The third-order valence-electron chi connectivity index (χ3n) is 4.19. The van der Waals surface area contributed by atoms with Crippen LogP contribution in [0, 0.1) is 5.92 Å². The summed E-state index contributed by atoms with van der Waals surface area (Å²) in [6.45, 7) is 2.23. The summed E-state index contributed by atoms with van der Waals surface area (Å²) >= 11 is 0. The molecular formula is C17H25N3O3. The monoisotopic (exact) mass is 319 g/mol. The normalized spacial score (nSPS) is 15.3. The minimum atomic E-state index is -0.0793. The Bertz CT molecular complexity index is 513. The molecule has 1 saturated heterocycles. The zero-order valence-corrected chi connectivity index (χ0v) is 13.8. The number of ether oxygens (including phenoxy) is 1. The van der Waals surface area contributed by atoms with E-state index in [9.17, 15) is 9.59 Å². The predicted octanol–water partition coefficient (Wildman–Crippen LogP) is 1.72. The van der Waals surface area contributed by atoms with Crippen molar-refractivity contribution < 1.29 is 14.3 Å². The van der Waals surface area contributed by atoms with Gasteiger partial charge >= 0.3 is 6.03 Å². The number of carbonyl (C=O) groups is 2. The fourth-order valence-electron chi connectivity index (χ4n) is 2.75. The molecule has 6 nitrogen and oxygen atoms in total. The lowest BCUT2D eigenvalue weighted by atomic mass is 9.95. The summed E-state index contributed by atoms with van der Waals surface area (Å²) in [5, 5.41) is 2.81. The largest absolute Gasteiger partial charge is 0.383 e. The first-order valence-corrected chi connectivity index (χ1v) is 7.98. The Labute approximate surface area is 137 Å². The topological polar surface area (TPSA) is 61.9 Å². The first-order chi connectivity index (χ1) is 11.1. The molecule has 0 unspecified atom stereocenters. The first kappa shape index (κ1) is 17.3. The van der Waals surface area contributed by atoms with Crippen molar-refractivity contribution in [2.75, 3.05) is 45.3 Å². The lowest BCUT2D eigenvalue weighted by Gasteiger charge is -2.33. The first-order valence-electron chi connectivity index (χ1n) is 7.98. The minimum absolute atomic E-state index is 0.0248. The Morgan fingerprint density at radius 3 is 2.52 bits per heavy atom. The summed E-state index contributed by atoms with van der Waals surface area (Å²) < 4.78 is 4.91. The number of piperidine rings is 1. The molecule has 1 N–H and O–H groups in total. The Morgan fingerprint density at radius 1 is 1.26 bits per heavy atom. The van der Waals surface area contributed by atoms with Crippen LogP contribution in [-0.4, -0.2) is 57.2 Å². The number of carbonyl (C=O) groups excluding carboxylic acids is 2. The number of benzene rings is 1. The van der Waals surface area contributed by atoms with Crippen LogP contribution in [0.15, 0.2) is 30.3 Å². The molecule has 0 aromatic heterocycles. The van der Waals surface area contributed by atoms with E-state index in [-0.39, 0.29) is 17.9 Å². The van der Waals surface area contributed by atoms with Gasteiger partial charge in [0.15, 0.2) is 0 Å². The fraction of sp³-hybridized carbons (Fsp3) is 0.529. The summed E-state index contributed by atoms with van der Waals surface area (Å²) in [6.07, 6.45) is 1.40. The van der Waals surface area contributed by atoms with Crippen molar-refractivity contribution >= 4 is 17.6 Å².